The number of benzene rings is 1. The van der Waals surface area contributed by atoms with Gasteiger partial charge in [0.1, 0.15) is 0 Å². The fourth-order valence-corrected chi connectivity index (χ4v) is 3.08. The van der Waals surface area contributed by atoms with E-state index in [1.807, 2.05) is 26.8 Å². The van der Waals surface area contributed by atoms with E-state index < -0.39 is 26.7 Å². The minimum Gasteiger partial charge on any atom is -0.225 e. The Labute approximate surface area is 141 Å². The summed E-state index contributed by atoms with van der Waals surface area (Å²) in [5, 5.41) is 5.07. The molecule has 0 aromatic heterocycles. The number of primary sulfonamides is 1. The highest BCUT2D eigenvalue weighted by molar-refractivity contribution is 7.89. The Morgan fingerprint density at radius 2 is 1.79 bits per heavy atom. The number of rotatable bonds is 6. The van der Waals surface area contributed by atoms with Crippen molar-refractivity contribution in [2.24, 2.45) is 5.14 Å². The average molecular weight is 361 g/mol. The molecule has 0 spiro atoms. The van der Waals surface area contributed by atoms with Crippen LogP contribution in [-0.2, 0) is 22.6 Å². The van der Waals surface area contributed by atoms with Gasteiger partial charge in [0, 0.05) is 0 Å². The summed E-state index contributed by atoms with van der Waals surface area (Å²) in [7, 11) is -4.23. The zero-order valence-corrected chi connectivity index (χ0v) is 14.8. The van der Waals surface area contributed by atoms with Crippen molar-refractivity contribution in [3.63, 3.8) is 0 Å². The summed E-state index contributed by atoms with van der Waals surface area (Å²) < 4.78 is 62.7. The molecule has 0 aliphatic rings. The second kappa shape index (κ2) is 7.98. The third-order valence-corrected chi connectivity index (χ3v) is 4.49. The normalized spacial score (nSPS) is 13.0. The van der Waals surface area contributed by atoms with Crippen LogP contribution in [0.4, 0.5) is 13.2 Å². The standard InChI is InChI=1S/C17H22F3NO2S/c1-12(2)6-4-7-13(3)10-11-14-15(17(18,19)20)8-5-9-16(14)24(21,22)23/h5-6,8-10H,4,7,11H2,1-3H3,(H2,21,22,23). The fourth-order valence-electron chi connectivity index (χ4n) is 2.28. The van der Waals surface area contributed by atoms with E-state index in [0.717, 1.165) is 30.2 Å². The maximum absolute atomic E-state index is 13.2. The van der Waals surface area contributed by atoms with Crippen molar-refractivity contribution in [1.29, 1.82) is 0 Å². The molecule has 1 rings (SSSR count). The van der Waals surface area contributed by atoms with Crippen LogP contribution in [0, 0.1) is 0 Å². The molecule has 2 N–H and O–H groups in total. The first kappa shape index (κ1) is 20.4. The molecule has 7 heteroatoms. The van der Waals surface area contributed by atoms with Gasteiger partial charge in [0.2, 0.25) is 10.0 Å². The van der Waals surface area contributed by atoms with Gasteiger partial charge < -0.3 is 0 Å². The van der Waals surface area contributed by atoms with E-state index in [1.165, 1.54) is 5.57 Å². The predicted octanol–water partition coefficient (Wildman–Crippen LogP) is 4.59. The first-order chi connectivity index (χ1) is 10.9. The van der Waals surface area contributed by atoms with Crippen molar-refractivity contribution in [3.8, 4) is 0 Å². The van der Waals surface area contributed by atoms with Gasteiger partial charge in [-0.2, -0.15) is 13.2 Å². The highest BCUT2D eigenvalue weighted by atomic mass is 32.2. The smallest absolute Gasteiger partial charge is 0.225 e. The third-order valence-electron chi connectivity index (χ3n) is 3.49. The molecule has 0 aliphatic carbocycles. The topological polar surface area (TPSA) is 60.2 Å². The van der Waals surface area contributed by atoms with Crippen LogP contribution < -0.4 is 5.14 Å². The first-order valence-corrected chi connectivity index (χ1v) is 8.98. The molecule has 24 heavy (non-hydrogen) atoms. The van der Waals surface area contributed by atoms with Crippen molar-refractivity contribution in [1.82, 2.24) is 0 Å². The summed E-state index contributed by atoms with van der Waals surface area (Å²) in [6, 6.07) is 3.03. The zero-order chi connectivity index (χ0) is 18.5. The van der Waals surface area contributed by atoms with Gasteiger partial charge in [-0.1, -0.05) is 29.4 Å². The molecule has 0 saturated heterocycles. The van der Waals surface area contributed by atoms with Crippen LogP contribution in [0.1, 0.15) is 44.7 Å². The molecule has 0 fully saturated rings. The van der Waals surface area contributed by atoms with Gasteiger partial charge in [0.25, 0.3) is 0 Å². The summed E-state index contributed by atoms with van der Waals surface area (Å²) in [6.07, 6.45) is 0.370. The van der Waals surface area contributed by atoms with Gasteiger partial charge in [0.05, 0.1) is 10.5 Å². The van der Waals surface area contributed by atoms with Crippen LogP contribution in [-0.4, -0.2) is 8.42 Å². The van der Waals surface area contributed by atoms with E-state index in [2.05, 4.69) is 0 Å². The molecule has 0 amide bonds. The zero-order valence-electron chi connectivity index (χ0n) is 13.9. The van der Waals surface area contributed by atoms with E-state index in [1.54, 1.807) is 6.08 Å². The van der Waals surface area contributed by atoms with E-state index in [4.69, 9.17) is 5.14 Å². The lowest BCUT2D eigenvalue weighted by molar-refractivity contribution is -0.138. The monoisotopic (exact) mass is 361 g/mol. The summed E-state index contributed by atoms with van der Waals surface area (Å²) in [5.41, 5.74) is 0.781. The molecule has 0 heterocycles. The summed E-state index contributed by atoms with van der Waals surface area (Å²) in [5.74, 6) is 0. The molecule has 0 aliphatic heterocycles. The Hall–Kier alpha value is -1.60. The second-order valence-electron chi connectivity index (χ2n) is 5.90. The quantitative estimate of drug-likeness (QED) is 0.754. The maximum Gasteiger partial charge on any atom is 0.416 e. The molecule has 134 valence electrons. The second-order valence-corrected chi connectivity index (χ2v) is 7.43. The first-order valence-electron chi connectivity index (χ1n) is 7.44. The molecule has 1 aromatic rings. The van der Waals surface area contributed by atoms with Gasteiger partial charge >= 0.3 is 6.18 Å². The highest BCUT2D eigenvalue weighted by Crippen LogP contribution is 2.35. The van der Waals surface area contributed by atoms with Gasteiger partial charge in [-0.15, -0.1) is 0 Å². The number of sulfonamides is 1. The fraction of sp³-hybridized carbons (Fsp3) is 0.412. The average Bonchev–Trinajstić information content (AvgIpc) is 2.42. The lowest BCUT2D eigenvalue weighted by atomic mass is 10.0. The molecule has 3 nitrogen and oxygen atoms in total. The molecule has 0 atom stereocenters. The molecule has 0 saturated carbocycles. The van der Waals surface area contributed by atoms with Gasteiger partial charge in [-0.25, -0.2) is 13.6 Å². The molecule has 0 unspecified atom stereocenters. The SMILES string of the molecule is CC(C)=CCCC(C)=CCc1c(C(F)(F)F)cccc1S(N)(=O)=O. The summed E-state index contributed by atoms with van der Waals surface area (Å²) in [4.78, 5) is -0.481. The Morgan fingerprint density at radius 1 is 1.17 bits per heavy atom. The van der Waals surface area contributed by atoms with E-state index >= 15 is 0 Å². The van der Waals surface area contributed by atoms with Crippen LogP contribution in [0.15, 0.2) is 46.4 Å². The maximum atomic E-state index is 13.2. The highest BCUT2D eigenvalue weighted by Gasteiger charge is 2.35. The van der Waals surface area contributed by atoms with E-state index in [9.17, 15) is 21.6 Å². The minimum absolute atomic E-state index is 0.137. The molecular formula is C17H22F3NO2S. The van der Waals surface area contributed by atoms with Crippen LogP contribution in [0.3, 0.4) is 0 Å². The minimum atomic E-state index is -4.64. The summed E-state index contributed by atoms with van der Waals surface area (Å²) >= 11 is 0. The molecule has 0 radical (unpaired) electrons. The van der Waals surface area contributed by atoms with Crippen molar-refractivity contribution >= 4 is 10.0 Å². The number of hydrogen-bond acceptors (Lipinski definition) is 2. The number of allylic oxidation sites excluding steroid dienone is 4. The third kappa shape index (κ3) is 6.13. The molecule has 0 bridgehead atoms. The van der Waals surface area contributed by atoms with Crippen LogP contribution >= 0.6 is 0 Å². The van der Waals surface area contributed by atoms with Crippen LogP contribution in [0.25, 0.3) is 0 Å². The van der Waals surface area contributed by atoms with Crippen molar-refractivity contribution < 1.29 is 21.6 Å². The number of halogens is 3. The molecule has 1 aromatic carbocycles. The molecular weight excluding hydrogens is 339 g/mol. The van der Waals surface area contributed by atoms with E-state index in [-0.39, 0.29) is 12.0 Å². The lowest BCUT2D eigenvalue weighted by Crippen LogP contribution is -2.18. The van der Waals surface area contributed by atoms with Crippen molar-refractivity contribution in [2.45, 2.75) is 51.1 Å². The van der Waals surface area contributed by atoms with Crippen LogP contribution in [0.2, 0.25) is 0 Å². The Balaban J connectivity index is 3.19. The largest absolute Gasteiger partial charge is 0.416 e. The Kier molecular flexibility index (Phi) is 6.80. The van der Waals surface area contributed by atoms with Crippen LogP contribution in [0.5, 0.6) is 0 Å². The number of alkyl halides is 3. The van der Waals surface area contributed by atoms with Gasteiger partial charge in [-0.05, 0) is 57.7 Å². The van der Waals surface area contributed by atoms with E-state index in [0.29, 0.717) is 6.42 Å². The number of nitrogens with two attached hydrogens (primary N) is 1. The van der Waals surface area contributed by atoms with Gasteiger partial charge in [-0.3, -0.25) is 0 Å². The lowest BCUT2D eigenvalue weighted by Gasteiger charge is -2.15. The Morgan fingerprint density at radius 3 is 2.29 bits per heavy atom. The predicted molar refractivity (Wildman–Crippen MR) is 88.9 cm³/mol. The van der Waals surface area contributed by atoms with Crippen molar-refractivity contribution in [3.05, 3.63) is 52.6 Å². The van der Waals surface area contributed by atoms with Crippen molar-refractivity contribution in [2.75, 3.05) is 0 Å². The number of hydrogen-bond donors (Lipinski definition) is 1. The summed E-state index contributed by atoms with van der Waals surface area (Å²) in [6.45, 7) is 5.75. The Bertz CT molecular complexity index is 744. The van der Waals surface area contributed by atoms with Gasteiger partial charge in [0.15, 0.2) is 0 Å².